The molecule has 1 N–H and O–H groups in total. The molecule has 0 spiro atoms. The summed E-state index contributed by atoms with van der Waals surface area (Å²) in [4.78, 5) is 29.6. The van der Waals surface area contributed by atoms with Gasteiger partial charge in [0.25, 0.3) is 5.91 Å². The molecule has 1 aromatic heterocycles. The number of rotatable bonds is 6. The average molecular weight is 495 g/mol. The molecule has 3 heterocycles. The van der Waals surface area contributed by atoms with Gasteiger partial charge in [0, 0.05) is 17.5 Å². The number of amides is 2. The molecule has 8 nitrogen and oxygen atoms in total. The van der Waals surface area contributed by atoms with Gasteiger partial charge in [0.15, 0.2) is 23.0 Å². The van der Waals surface area contributed by atoms with Crippen molar-refractivity contribution >= 4 is 23.2 Å². The minimum atomic E-state index is -0.650. The summed E-state index contributed by atoms with van der Waals surface area (Å²) in [6.07, 6.45) is -0.332. The summed E-state index contributed by atoms with van der Waals surface area (Å²) in [6.45, 7) is 0.595. The minimum absolute atomic E-state index is 0.177. The Kier molecular flexibility index (Phi) is 6.25. The molecule has 0 saturated carbocycles. The van der Waals surface area contributed by atoms with Gasteiger partial charge in [-0.2, -0.15) is 0 Å². The van der Waals surface area contributed by atoms with Crippen molar-refractivity contribution in [2.24, 2.45) is 0 Å². The summed E-state index contributed by atoms with van der Waals surface area (Å²) in [5.74, 6) is 1.21. The van der Waals surface area contributed by atoms with Crippen molar-refractivity contribution in [3.8, 4) is 23.0 Å². The van der Waals surface area contributed by atoms with Gasteiger partial charge >= 0.3 is 0 Å². The van der Waals surface area contributed by atoms with Gasteiger partial charge in [0.1, 0.15) is 12.7 Å². The molecule has 0 radical (unpaired) electrons. The van der Waals surface area contributed by atoms with Crippen molar-refractivity contribution in [2.75, 3.05) is 34.4 Å². The Balaban J connectivity index is 1.46. The molecule has 0 fully saturated rings. The van der Waals surface area contributed by atoms with Crippen molar-refractivity contribution in [1.82, 2.24) is 10.2 Å². The van der Waals surface area contributed by atoms with Crippen LogP contribution in [0.5, 0.6) is 23.0 Å². The summed E-state index contributed by atoms with van der Waals surface area (Å²) < 4.78 is 22.7. The van der Waals surface area contributed by atoms with E-state index in [2.05, 4.69) is 5.32 Å². The van der Waals surface area contributed by atoms with E-state index in [-0.39, 0.29) is 24.5 Å². The number of thiophene rings is 1. The molecule has 0 bridgehead atoms. The van der Waals surface area contributed by atoms with Gasteiger partial charge in [0.2, 0.25) is 5.91 Å². The Morgan fingerprint density at radius 1 is 1.11 bits per heavy atom. The van der Waals surface area contributed by atoms with E-state index in [1.54, 1.807) is 24.1 Å². The number of nitrogens with one attached hydrogen (secondary N) is 1. The van der Waals surface area contributed by atoms with Crippen LogP contribution in [0.15, 0.2) is 53.9 Å². The number of carbonyl (C=O) groups is 2. The molecule has 3 atom stereocenters. The Hall–Kier alpha value is -3.72. The first-order valence-electron chi connectivity index (χ1n) is 11.2. The number of carbonyl (C=O) groups excluding carboxylic acids is 2. The first-order valence-corrected chi connectivity index (χ1v) is 12.1. The smallest absolute Gasteiger partial charge is 0.254 e. The lowest BCUT2D eigenvalue weighted by atomic mass is 9.81. The molecule has 3 aromatic rings. The number of para-hydroxylation sites is 2. The number of nitrogens with zero attached hydrogens (tertiary/aromatic N) is 1. The van der Waals surface area contributed by atoms with Gasteiger partial charge in [-0.3, -0.25) is 9.59 Å². The van der Waals surface area contributed by atoms with Crippen molar-refractivity contribution < 1.29 is 28.5 Å². The van der Waals surface area contributed by atoms with Crippen LogP contribution in [0, 0.1) is 0 Å². The van der Waals surface area contributed by atoms with Crippen molar-refractivity contribution in [1.29, 1.82) is 0 Å². The van der Waals surface area contributed by atoms with Gasteiger partial charge in [0.05, 0.1) is 32.7 Å². The lowest BCUT2D eigenvalue weighted by molar-refractivity contribution is -0.124. The van der Waals surface area contributed by atoms with Crippen LogP contribution in [0.2, 0.25) is 0 Å². The molecular weight excluding hydrogens is 468 g/mol. The van der Waals surface area contributed by atoms with Gasteiger partial charge in [-0.15, -0.1) is 11.3 Å². The second kappa shape index (κ2) is 9.50. The van der Waals surface area contributed by atoms with E-state index in [4.69, 9.17) is 18.9 Å². The first kappa shape index (κ1) is 23.0. The highest BCUT2D eigenvalue weighted by Gasteiger charge is 2.44. The third-order valence-corrected chi connectivity index (χ3v) is 7.31. The molecule has 0 saturated heterocycles. The third kappa shape index (κ3) is 4.16. The summed E-state index contributed by atoms with van der Waals surface area (Å²) in [5, 5.41) is 4.98. The molecule has 2 aliphatic rings. The highest BCUT2D eigenvalue weighted by atomic mass is 32.1. The maximum atomic E-state index is 13.7. The lowest BCUT2D eigenvalue weighted by Crippen LogP contribution is -2.48. The number of methoxy groups -OCH3 is 2. The van der Waals surface area contributed by atoms with E-state index in [0.29, 0.717) is 40.7 Å². The minimum Gasteiger partial charge on any atom is -0.493 e. The van der Waals surface area contributed by atoms with E-state index in [9.17, 15) is 9.59 Å². The Bertz CT molecular complexity index is 1240. The van der Waals surface area contributed by atoms with Crippen molar-refractivity contribution in [3.63, 3.8) is 0 Å². The van der Waals surface area contributed by atoms with Crippen molar-refractivity contribution in [3.05, 3.63) is 69.9 Å². The quantitative estimate of drug-likeness (QED) is 0.563. The van der Waals surface area contributed by atoms with E-state index >= 15 is 0 Å². The summed E-state index contributed by atoms with van der Waals surface area (Å²) in [7, 11) is 4.77. The largest absolute Gasteiger partial charge is 0.493 e. The fourth-order valence-electron chi connectivity index (χ4n) is 4.63. The standard InChI is InChI=1S/C26H26N2O6S/c1-28-24(22-9-6-10-35-22)23(16-11-20(31-2)21(32-3)12-17(16)26(28)30)25(29)27-13-15-14-33-18-7-4-5-8-19(18)34-15/h4-12,15,23-24H,13-14H2,1-3H3,(H,27,29). The maximum absolute atomic E-state index is 13.7. The first-order chi connectivity index (χ1) is 17.0. The second-order valence-corrected chi connectivity index (χ2v) is 9.37. The number of ether oxygens (including phenoxy) is 4. The second-order valence-electron chi connectivity index (χ2n) is 8.39. The number of hydrogen-bond acceptors (Lipinski definition) is 7. The molecule has 3 unspecified atom stereocenters. The van der Waals surface area contributed by atoms with Crippen LogP contribution in [0.1, 0.15) is 32.8 Å². The molecule has 2 amide bonds. The summed E-state index contributed by atoms with van der Waals surface area (Å²) in [5.41, 5.74) is 1.03. The van der Waals surface area contributed by atoms with Gasteiger partial charge in [-0.1, -0.05) is 18.2 Å². The Morgan fingerprint density at radius 3 is 2.57 bits per heavy atom. The van der Waals surface area contributed by atoms with Gasteiger partial charge < -0.3 is 29.2 Å². The molecular formula is C26H26N2O6S. The van der Waals surface area contributed by atoms with Crippen molar-refractivity contribution in [2.45, 2.75) is 18.1 Å². The fraction of sp³-hybridized carbons (Fsp3) is 0.308. The van der Waals surface area contributed by atoms with Crippen LogP contribution in [-0.4, -0.2) is 57.2 Å². The highest BCUT2D eigenvalue weighted by Crippen LogP contribution is 2.46. The number of benzene rings is 2. The monoisotopic (exact) mass is 494 g/mol. The van der Waals surface area contributed by atoms with Gasteiger partial charge in [-0.05, 0) is 41.3 Å². The molecule has 2 aliphatic heterocycles. The van der Waals surface area contributed by atoms with Gasteiger partial charge in [-0.25, -0.2) is 0 Å². The number of hydrogen-bond donors (Lipinski definition) is 1. The normalized spacial score (nSPS) is 20.7. The SMILES string of the molecule is COc1cc2c(cc1OC)C(C(=O)NCC1COc3ccccc3O1)C(c1cccs1)N(C)C2=O. The average Bonchev–Trinajstić information content (AvgIpc) is 3.42. The van der Waals surface area contributed by atoms with Crippen LogP contribution >= 0.6 is 11.3 Å². The predicted molar refractivity (Wildman–Crippen MR) is 131 cm³/mol. The number of fused-ring (bicyclic) bond motifs is 2. The fourth-order valence-corrected chi connectivity index (χ4v) is 5.54. The summed E-state index contributed by atoms with van der Waals surface area (Å²) in [6, 6.07) is 14.2. The highest BCUT2D eigenvalue weighted by molar-refractivity contribution is 7.10. The zero-order chi connectivity index (χ0) is 24.5. The summed E-state index contributed by atoms with van der Waals surface area (Å²) >= 11 is 1.51. The van der Waals surface area contributed by atoms with E-state index in [1.165, 1.54) is 25.6 Å². The molecule has 35 heavy (non-hydrogen) atoms. The molecule has 9 heteroatoms. The maximum Gasteiger partial charge on any atom is 0.254 e. The van der Waals surface area contributed by atoms with Crippen LogP contribution in [0.3, 0.4) is 0 Å². The third-order valence-electron chi connectivity index (χ3n) is 6.36. The molecule has 2 aromatic carbocycles. The lowest BCUT2D eigenvalue weighted by Gasteiger charge is -2.39. The predicted octanol–water partition coefficient (Wildman–Crippen LogP) is 3.63. The van der Waals surface area contributed by atoms with Crippen LogP contribution in [0.4, 0.5) is 0 Å². The Labute approximate surface area is 207 Å². The zero-order valence-electron chi connectivity index (χ0n) is 19.6. The Morgan fingerprint density at radius 2 is 1.86 bits per heavy atom. The molecule has 182 valence electrons. The van der Waals surface area contributed by atoms with E-state index < -0.39 is 12.0 Å². The van der Waals surface area contributed by atoms with Crippen LogP contribution in [-0.2, 0) is 4.79 Å². The molecule has 5 rings (SSSR count). The molecule has 0 aliphatic carbocycles. The van der Waals surface area contributed by atoms with E-state index in [1.807, 2.05) is 41.8 Å². The van der Waals surface area contributed by atoms with Crippen LogP contribution < -0.4 is 24.3 Å². The number of likely N-dealkylation sites (N-methyl/N-ethyl adjacent to an activating group) is 1. The topological polar surface area (TPSA) is 86.3 Å². The van der Waals surface area contributed by atoms with E-state index in [0.717, 1.165) is 4.88 Å². The van der Waals surface area contributed by atoms with Crippen LogP contribution in [0.25, 0.3) is 0 Å². The zero-order valence-corrected chi connectivity index (χ0v) is 20.5.